The quantitative estimate of drug-likeness (QED) is 0.217. The van der Waals surface area contributed by atoms with E-state index in [9.17, 15) is 14.4 Å². The maximum Gasteiger partial charge on any atom is 0.343 e. The summed E-state index contributed by atoms with van der Waals surface area (Å²) in [6.45, 7) is 3.47. The molecule has 0 aliphatic rings. The molecule has 0 radical (unpaired) electrons. The van der Waals surface area contributed by atoms with Crippen LogP contribution >= 0.6 is 15.9 Å². The molecule has 3 rings (SSSR count). The van der Waals surface area contributed by atoms with Crippen molar-refractivity contribution in [3.63, 3.8) is 0 Å². The molecule has 3 aromatic rings. The van der Waals surface area contributed by atoms with E-state index in [4.69, 9.17) is 4.74 Å². The number of nitrogens with zero attached hydrogens (tertiary/aromatic N) is 1. The van der Waals surface area contributed by atoms with Crippen molar-refractivity contribution in [1.29, 1.82) is 0 Å². The summed E-state index contributed by atoms with van der Waals surface area (Å²) in [5.41, 5.74) is 5.51. The van der Waals surface area contributed by atoms with Crippen molar-refractivity contribution in [2.24, 2.45) is 5.10 Å². The summed E-state index contributed by atoms with van der Waals surface area (Å²) in [5, 5.41) is 6.46. The lowest BCUT2D eigenvalue weighted by atomic mass is 10.1. The number of esters is 1. The molecule has 0 spiro atoms. The Bertz CT molecular complexity index is 1220. The highest BCUT2D eigenvalue weighted by Gasteiger charge is 2.13. The van der Waals surface area contributed by atoms with Gasteiger partial charge in [0, 0.05) is 15.6 Å². The molecule has 0 saturated heterocycles. The van der Waals surface area contributed by atoms with Crippen LogP contribution in [0.4, 0.5) is 0 Å². The number of ether oxygens (including phenoxy) is 1. The summed E-state index contributed by atoms with van der Waals surface area (Å²) in [7, 11) is 0. The fraction of sp³-hybridized carbons (Fsp3) is 0.120. The third-order valence-corrected chi connectivity index (χ3v) is 5.12. The van der Waals surface area contributed by atoms with Gasteiger partial charge in [0.05, 0.1) is 18.3 Å². The molecule has 0 unspecified atom stereocenters. The number of carbonyl (C=O) groups is 3. The molecule has 3 aromatic carbocycles. The van der Waals surface area contributed by atoms with Crippen molar-refractivity contribution in [2.45, 2.75) is 13.8 Å². The van der Waals surface area contributed by atoms with E-state index < -0.39 is 11.9 Å². The minimum Gasteiger partial charge on any atom is -0.422 e. The van der Waals surface area contributed by atoms with Crippen molar-refractivity contribution >= 4 is 39.9 Å². The first-order chi connectivity index (χ1) is 15.8. The van der Waals surface area contributed by atoms with Gasteiger partial charge in [-0.3, -0.25) is 9.59 Å². The SMILES string of the molecule is Cc1cccc(C(=O)NCC(=O)N/N=C\c2cc(Br)ccc2OC(=O)c2ccccc2C)c1. The Morgan fingerprint density at radius 1 is 1.00 bits per heavy atom. The Labute approximate surface area is 200 Å². The van der Waals surface area contributed by atoms with E-state index in [0.717, 1.165) is 15.6 Å². The standard InChI is InChI=1S/C25H22BrN3O4/c1-16-6-5-8-18(12-16)24(31)27-15-23(30)29-28-14-19-13-20(26)10-11-22(19)33-25(32)21-9-4-3-7-17(21)2/h3-14H,15H2,1-2H3,(H,27,31)(H,29,30)/b28-14-. The number of rotatable bonds is 7. The fourth-order valence-electron chi connectivity index (χ4n) is 2.93. The van der Waals surface area contributed by atoms with Crippen LogP contribution in [-0.4, -0.2) is 30.5 Å². The largest absolute Gasteiger partial charge is 0.422 e. The minimum absolute atomic E-state index is 0.238. The molecule has 2 N–H and O–H groups in total. The predicted octanol–water partition coefficient (Wildman–Crippen LogP) is 4.17. The number of nitrogens with one attached hydrogen (secondary N) is 2. The van der Waals surface area contributed by atoms with Crippen LogP contribution in [0.5, 0.6) is 5.75 Å². The Balaban J connectivity index is 1.60. The van der Waals surface area contributed by atoms with Crippen LogP contribution in [0.2, 0.25) is 0 Å². The molecule has 0 aliphatic carbocycles. The van der Waals surface area contributed by atoms with E-state index in [1.54, 1.807) is 48.5 Å². The summed E-state index contributed by atoms with van der Waals surface area (Å²) in [6.07, 6.45) is 1.37. The second-order valence-electron chi connectivity index (χ2n) is 7.23. The number of benzene rings is 3. The van der Waals surface area contributed by atoms with E-state index in [2.05, 4.69) is 31.8 Å². The number of hydrogen-bond acceptors (Lipinski definition) is 5. The van der Waals surface area contributed by atoms with E-state index in [-0.39, 0.29) is 18.2 Å². The maximum atomic E-state index is 12.6. The highest BCUT2D eigenvalue weighted by atomic mass is 79.9. The number of amides is 2. The lowest BCUT2D eigenvalue weighted by molar-refractivity contribution is -0.120. The highest BCUT2D eigenvalue weighted by Crippen LogP contribution is 2.23. The van der Waals surface area contributed by atoms with Crippen molar-refractivity contribution in [2.75, 3.05) is 6.54 Å². The Morgan fingerprint density at radius 2 is 1.79 bits per heavy atom. The third-order valence-electron chi connectivity index (χ3n) is 4.62. The predicted molar refractivity (Wildman–Crippen MR) is 130 cm³/mol. The first-order valence-corrected chi connectivity index (χ1v) is 10.9. The van der Waals surface area contributed by atoms with Crippen molar-refractivity contribution in [1.82, 2.24) is 10.7 Å². The monoisotopic (exact) mass is 507 g/mol. The molecule has 2 amide bonds. The zero-order valence-electron chi connectivity index (χ0n) is 18.1. The topological polar surface area (TPSA) is 96.9 Å². The van der Waals surface area contributed by atoms with E-state index >= 15 is 0 Å². The van der Waals surface area contributed by atoms with Gasteiger partial charge in [-0.1, -0.05) is 51.8 Å². The molecular weight excluding hydrogens is 486 g/mol. The summed E-state index contributed by atoms with van der Waals surface area (Å²) in [4.78, 5) is 36.7. The number of hydrogen-bond donors (Lipinski definition) is 2. The molecule has 0 bridgehead atoms. The van der Waals surface area contributed by atoms with Gasteiger partial charge in [-0.2, -0.15) is 5.10 Å². The van der Waals surface area contributed by atoms with Crippen molar-refractivity contribution < 1.29 is 19.1 Å². The Morgan fingerprint density at radius 3 is 2.55 bits per heavy atom. The van der Waals surface area contributed by atoms with Crippen LogP contribution in [0.25, 0.3) is 0 Å². The van der Waals surface area contributed by atoms with E-state index in [1.165, 1.54) is 6.21 Å². The average Bonchev–Trinajstić information content (AvgIpc) is 2.79. The molecule has 0 fully saturated rings. The van der Waals surface area contributed by atoms with Crippen LogP contribution in [0.15, 0.2) is 76.3 Å². The van der Waals surface area contributed by atoms with Gasteiger partial charge in [-0.25, -0.2) is 10.2 Å². The van der Waals surface area contributed by atoms with Crippen LogP contribution in [-0.2, 0) is 4.79 Å². The summed E-state index contributed by atoms with van der Waals surface area (Å²) in [5.74, 6) is -1.05. The smallest absolute Gasteiger partial charge is 0.343 e. The summed E-state index contributed by atoms with van der Waals surface area (Å²) < 4.78 is 6.29. The lowest BCUT2D eigenvalue weighted by Gasteiger charge is -2.09. The number of aryl methyl sites for hydroxylation is 2. The molecule has 0 aromatic heterocycles. The summed E-state index contributed by atoms with van der Waals surface area (Å²) in [6, 6.07) is 19.3. The number of carbonyl (C=O) groups excluding carboxylic acids is 3. The molecule has 0 aliphatic heterocycles. The van der Waals surface area contributed by atoms with Gasteiger partial charge in [-0.15, -0.1) is 0 Å². The molecule has 0 saturated carbocycles. The first-order valence-electron chi connectivity index (χ1n) is 10.1. The van der Waals surface area contributed by atoms with Crippen LogP contribution in [0.3, 0.4) is 0 Å². The second-order valence-corrected chi connectivity index (χ2v) is 8.15. The molecule has 0 heterocycles. The van der Waals surface area contributed by atoms with Crippen LogP contribution < -0.4 is 15.5 Å². The molecule has 8 heteroatoms. The molecular formula is C25H22BrN3O4. The second kappa shape index (κ2) is 11.2. The van der Waals surface area contributed by atoms with Gasteiger partial charge >= 0.3 is 5.97 Å². The number of hydrazone groups is 1. The molecule has 168 valence electrons. The highest BCUT2D eigenvalue weighted by molar-refractivity contribution is 9.10. The zero-order chi connectivity index (χ0) is 23.8. The first kappa shape index (κ1) is 23.9. The Kier molecular flexibility index (Phi) is 8.10. The van der Waals surface area contributed by atoms with Gasteiger partial charge < -0.3 is 10.1 Å². The normalized spacial score (nSPS) is 10.6. The average molecular weight is 508 g/mol. The fourth-order valence-corrected chi connectivity index (χ4v) is 3.31. The van der Waals surface area contributed by atoms with Gasteiger partial charge in [-0.05, 0) is 55.8 Å². The van der Waals surface area contributed by atoms with Gasteiger partial charge in [0.15, 0.2) is 0 Å². The van der Waals surface area contributed by atoms with Crippen molar-refractivity contribution in [3.05, 3.63) is 99.0 Å². The van der Waals surface area contributed by atoms with Crippen LogP contribution in [0, 0.1) is 13.8 Å². The lowest BCUT2D eigenvalue weighted by Crippen LogP contribution is -2.34. The minimum atomic E-state index is -0.499. The molecule has 7 nitrogen and oxygen atoms in total. The molecule has 0 atom stereocenters. The van der Waals surface area contributed by atoms with Gasteiger partial charge in [0.2, 0.25) is 0 Å². The van der Waals surface area contributed by atoms with Gasteiger partial charge in [0.1, 0.15) is 5.75 Å². The zero-order valence-corrected chi connectivity index (χ0v) is 19.7. The summed E-state index contributed by atoms with van der Waals surface area (Å²) >= 11 is 3.37. The van der Waals surface area contributed by atoms with E-state index in [0.29, 0.717) is 16.7 Å². The van der Waals surface area contributed by atoms with Gasteiger partial charge in [0.25, 0.3) is 11.8 Å². The van der Waals surface area contributed by atoms with Crippen LogP contribution in [0.1, 0.15) is 37.4 Å². The Hall–Kier alpha value is -3.78. The third kappa shape index (κ3) is 6.85. The van der Waals surface area contributed by atoms with Crippen molar-refractivity contribution in [3.8, 4) is 5.75 Å². The number of halogens is 1. The van der Waals surface area contributed by atoms with E-state index in [1.807, 2.05) is 32.0 Å². The molecule has 33 heavy (non-hydrogen) atoms. The maximum absolute atomic E-state index is 12.6.